The summed E-state index contributed by atoms with van der Waals surface area (Å²) in [5, 5.41) is 6.36. The van der Waals surface area contributed by atoms with Crippen LogP contribution in [0.25, 0.3) is 0 Å². The van der Waals surface area contributed by atoms with E-state index in [1.807, 2.05) is 0 Å². The lowest BCUT2D eigenvalue weighted by Crippen LogP contribution is -2.43. The Morgan fingerprint density at radius 1 is 1.24 bits per heavy atom. The second kappa shape index (κ2) is 6.97. The number of nitrogens with one attached hydrogen (secondary N) is 2. The van der Waals surface area contributed by atoms with Crippen molar-refractivity contribution in [1.82, 2.24) is 15.5 Å². The molecule has 2 N–H and O–H groups in total. The highest BCUT2D eigenvalue weighted by molar-refractivity contribution is 5.78. The van der Waals surface area contributed by atoms with Crippen molar-refractivity contribution in [2.75, 3.05) is 39.3 Å². The van der Waals surface area contributed by atoms with Gasteiger partial charge in [-0.25, -0.2) is 0 Å². The fourth-order valence-corrected chi connectivity index (χ4v) is 2.74. The molecule has 0 aromatic heterocycles. The van der Waals surface area contributed by atoms with E-state index in [2.05, 4.69) is 15.5 Å². The Hall–Kier alpha value is -0.610. The van der Waals surface area contributed by atoms with E-state index in [9.17, 15) is 4.79 Å². The molecule has 2 rings (SSSR count). The van der Waals surface area contributed by atoms with Gasteiger partial charge in [0.05, 0.1) is 5.92 Å². The summed E-state index contributed by atoms with van der Waals surface area (Å²) in [6.07, 6.45) is 6.18. The normalized spacial score (nSPS) is 26.7. The maximum absolute atomic E-state index is 11.9. The Balaban J connectivity index is 1.58. The van der Waals surface area contributed by atoms with Crippen LogP contribution in [0.3, 0.4) is 0 Å². The number of hydrogen-bond acceptors (Lipinski definition) is 3. The van der Waals surface area contributed by atoms with E-state index >= 15 is 0 Å². The maximum Gasteiger partial charge on any atom is 0.224 e. The van der Waals surface area contributed by atoms with Crippen LogP contribution in [-0.2, 0) is 4.79 Å². The van der Waals surface area contributed by atoms with Crippen molar-refractivity contribution in [2.24, 2.45) is 5.92 Å². The first-order chi connectivity index (χ1) is 8.36. The third kappa shape index (κ3) is 4.28. The number of rotatable bonds is 4. The second-order valence-corrected chi connectivity index (χ2v) is 5.24. The first kappa shape index (κ1) is 12.8. The van der Waals surface area contributed by atoms with Crippen molar-refractivity contribution in [3.05, 3.63) is 0 Å². The molecule has 1 amide bonds. The lowest BCUT2D eigenvalue weighted by Gasteiger charge is -2.27. The minimum absolute atomic E-state index is 0.199. The van der Waals surface area contributed by atoms with Gasteiger partial charge in [-0.1, -0.05) is 6.42 Å². The van der Waals surface area contributed by atoms with Gasteiger partial charge >= 0.3 is 0 Å². The molecule has 0 aromatic rings. The van der Waals surface area contributed by atoms with Crippen LogP contribution in [0.2, 0.25) is 0 Å². The smallest absolute Gasteiger partial charge is 0.224 e. The summed E-state index contributed by atoms with van der Waals surface area (Å²) < 4.78 is 0. The van der Waals surface area contributed by atoms with Gasteiger partial charge in [-0.3, -0.25) is 4.79 Å². The molecule has 0 spiro atoms. The molecular formula is C13H25N3O. The topological polar surface area (TPSA) is 44.4 Å². The molecule has 0 saturated carbocycles. The molecule has 4 nitrogen and oxygen atoms in total. The molecule has 2 aliphatic rings. The molecule has 0 aliphatic carbocycles. The number of carbonyl (C=O) groups is 1. The largest absolute Gasteiger partial charge is 0.355 e. The van der Waals surface area contributed by atoms with Crippen molar-refractivity contribution >= 4 is 5.91 Å². The van der Waals surface area contributed by atoms with Crippen LogP contribution < -0.4 is 10.6 Å². The number of nitrogens with zero attached hydrogens (tertiary/aromatic N) is 1. The lowest BCUT2D eigenvalue weighted by atomic mass is 9.99. The van der Waals surface area contributed by atoms with Crippen molar-refractivity contribution in [3.63, 3.8) is 0 Å². The van der Waals surface area contributed by atoms with Crippen LogP contribution in [0.4, 0.5) is 0 Å². The molecule has 0 radical (unpaired) electrons. The summed E-state index contributed by atoms with van der Waals surface area (Å²) in [7, 11) is 0. The van der Waals surface area contributed by atoms with Gasteiger partial charge < -0.3 is 15.5 Å². The van der Waals surface area contributed by atoms with E-state index < -0.39 is 0 Å². The van der Waals surface area contributed by atoms with Crippen molar-refractivity contribution < 1.29 is 4.79 Å². The van der Waals surface area contributed by atoms with E-state index in [1.54, 1.807) is 0 Å². The van der Waals surface area contributed by atoms with E-state index in [1.165, 1.54) is 32.4 Å². The lowest BCUT2D eigenvalue weighted by molar-refractivity contribution is -0.125. The molecule has 2 heterocycles. The van der Waals surface area contributed by atoms with Gasteiger partial charge in [-0.15, -0.1) is 0 Å². The number of amides is 1. The highest BCUT2D eigenvalue weighted by Crippen LogP contribution is 2.10. The fourth-order valence-electron chi connectivity index (χ4n) is 2.74. The molecular weight excluding hydrogens is 214 g/mol. The third-order valence-electron chi connectivity index (χ3n) is 3.84. The Labute approximate surface area is 104 Å². The minimum Gasteiger partial charge on any atom is -0.355 e. The summed E-state index contributed by atoms with van der Waals surface area (Å²) >= 11 is 0. The molecule has 2 fully saturated rings. The van der Waals surface area contributed by atoms with E-state index in [0.717, 1.165) is 39.0 Å². The summed E-state index contributed by atoms with van der Waals surface area (Å²) in [5.74, 6) is 0.444. The van der Waals surface area contributed by atoms with E-state index in [-0.39, 0.29) is 11.8 Å². The number of hydrogen-bond donors (Lipinski definition) is 2. The fraction of sp³-hybridized carbons (Fsp3) is 0.923. The summed E-state index contributed by atoms with van der Waals surface area (Å²) in [6.45, 7) is 6.18. The predicted molar refractivity (Wildman–Crippen MR) is 68.9 cm³/mol. The Kier molecular flexibility index (Phi) is 5.26. The Morgan fingerprint density at radius 2 is 2.06 bits per heavy atom. The van der Waals surface area contributed by atoms with E-state index in [0.29, 0.717) is 0 Å². The quantitative estimate of drug-likeness (QED) is 0.754. The van der Waals surface area contributed by atoms with Crippen molar-refractivity contribution in [1.29, 1.82) is 0 Å². The molecule has 1 atom stereocenters. The molecule has 4 heteroatoms. The third-order valence-corrected chi connectivity index (χ3v) is 3.84. The summed E-state index contributed by atoms with van der Waals surface area (Å²) in [6, 6.07) is 0. The van der Waals surface area contributed by atoms with Crippen molar-refractivity contribution in [2.45, 2.75) is 32.1 Å². The van der Waals surface area contributed by atoms with Crippen LogP contribution >= 0.6 is 0 Å². The van der Waals surface area contributed by atoms with Crippen LogP contribution in [0, 0.1) is 5.92 Å². The molecule has 98 valence electrons. The van der Waals surface area contributed by atoms with E-state index in [4.69, 9.17) is 0 Å². The Morgan fingerprint density at radius 3 is 2.76 bits per heavy atom. The molecule has 0 bridgehead atoms. The van der Waals surface area contributed by atoms with Gasteiger partial charge in [0.15, 0.2) is 0 Å². The molecule has 0 aromatic carbocycles. The first-order valence-corrected chi connectivity index (χ1v) is 7.07. The highest BCUT2D eigenvalue weighted by Gasteiger charge is 2.20. The highest BCUT2D eigenvalue weighted by atomic mass is 16.1. The number of carbonyl (C=O) groups excluding carboxylic acids is 1. The zero-order valence-electron chi connectivity index (χ0n) is 10.7. The zero-order valence-corrected chi connectivity index (χ0v) is 10.7. The SMILES string of the molecule is O=C(NCCN1CCCCC1)[C@H]1CCCNC1. The average molecular weight is 239 g/mol. The van der Waals surface area contributed by atoms with Gasteiger partial charge in [-0.2, -0.15) is 0 Å². The average Bonchev–Trinajstić information content (AvgIpc) is 2.41. The minimum atomic E-state index is 0.199. The van der Waals surface area contributed by atoms with Crippen LogP contribution in [0.1, 0.15) is 32.1 Å². The first-order valence-electron chi connectivity index (χ1n) is 7.07. The molecule has 2 aliphatic heterocycles. The molecule has 0 unspecified atom stereocenters. The Bertz CT molecular complexity index is 233. The van der Waals surface area contributed by atoms with Crippen LogP contribution in [-0.4, -0.2) is 50.1 Å². The van der Waals surface area contributed by atoms with Crippen LogP contribution in [0.5, 0.6) is 0 Å². The van der Waals surface area contributed by atoms with Gasteiger partial charge in [0.2, 0.25) is 5.91 Å². The molecule has 2 saturated heterocycles. The maximum atomic E-state index is 11.9. The van der Waals surface area contributed by atoms with Gasteiger partial charge in [-0.05, 0) is 45.3 Å². The van der Waals surface area contributed by atoms with Gasteiger partial charge in [0, 0.05) is 19.6 Å². The van der Waals surface area contributed by atoms with Crippen LogP contribution in [0.15, 0.2) is 0 Å². The second-order valence-electron chi connectivity index (χ2n) is 5.24. The number of likely N-dealkylation sites (tertiary alicyclic amines) is 1. The van der Waals surface area contributed by atoms with Crippen molar-refractivity contribution in [3.8, 4) is 0 Å². The monoisotopic (exact) mass is 239 g/mol. The summed E-state index contributed by atoms with van der Waals surface area (Å²) in [4.78, 5) is 14.3. The van der Waals surface area contributed by atoms with Gasteiger partial charge in [0.1, 0.15) is 0 Å². The standard InChI is InChI=1S/C13H25N3O/c17-13(12-5-4-6-14-11-12)15-7-10-16-8-2-1-3-9-16/h12,14H,1-11H2,(H,15,17)/t12-/m0/s1. The molecule has 17 heavy (non-hydrogen) atoms. The summed E-state index contributed by atoms with van der Waals surface area (Å²) in [5.41, 5.74) is 0. The van der Waals surface area contributed by atoms with Gasteiger partial charge in [0.25, 0.3) is 0 Å². The number of piperidine rings is 2. The predicted octanol–water partition coefficient (Wildman–Crippen LogP) is 0.588. The zero-order chi connectivity index (χ0) is 11.9.